The topological polar surface area (TPSA) is 46.6 Å². The quantitative estimate of drug-likeness (QED) is 0.637. The number of ketones is 1. The van der Waals surface area contributed by atoms with Gasteiger partial charge in [0, 0.05) is 0 Å². The molecule has 0 radical (unpaired) electrons. The predicted molar refractivity (Wildman–Crippen MR) is 52.0 cm³/mol. The highest BCUT2D eigenvalue weighted by molar-refractivity contribution is 5.95. The summed E-state index contributed by atoms with van der Waals surface area (Å²) >= 11 is 0. The van der Waals surface area contributed by atoms with Crippen molar-refractivity contribution in [2.24, 2.45) is 0 Å². The number of rotatable bonds is 1. The van der Waals surface area contributed by atoms with Crippen molar-refractivity contribution in [3.63, 3.8) is 0 Å². The number of nitrogens with zero attached hydrogens (tertiary/aromatic N) is 1. The highest BCUT2D eigenvalue weighted by Crippen LogP contribution is 2.20. The molecule has 0 atom stereocenters. The third-order valence-electron chi connectivity index (χ3n) is 2.17. The molecule has 1 amide bonds. The number of amides is 1. The average molecular weight is 197 g/mol. The molecule has 0 bridgehead atoms. The Labute approximate surface area is 83.5 Å². The van der Waals surface area contributed by atoms with Gasteiger partial charge in [0.1, 0.15) is 0 Å². The fourth-order valence-corrected chi connectivity index (χ4v) is 1.30. The normalized spacial score (nSPS) is 19.6. The fraction of sp³-hybridized carbons (Fsp3) is 0.600. The number of hydrogen-bond acceptors (Lipinski definition) is 3. The molecular formula is C10H15NO3. The van der Waals surface area contributed by atoms with Crippen LogP contribution in [0.5, 0.6) is 0 Å². The maximum absolute atomic E-state index is 11.5. The van der Waals surface area contributed by atoms with Gasteiger partial charge in [0.15, 0.2) is 5.78 Å². The maximum Gasteiger partial charge on any atom is 0.410 e. The molecule has 1 heterocycles. The smallest absolute Gasteiger partial charge is 0.410 e. The molecule has 1 aliphatic heterocycles. The Bertz CT molecular complexity index is 281. The Balaban J connectivity index is 2.81. The van der Waals surface area contributed by atoms with E-state index in [2.05, 4.69) is 0 Å². The number of ether oxygens (including phenoxy) is 1. The van der Waals surface area contributed by atoms with Gasteiger partial charge in [0.25, 0.3) is 0 Å². The Morgan fingerprint density at radius 3 is 2.86 bits per heavy atom. The van der Waals surface area contributed by atoms with Crippen LogP contribution in [0.2, 0.25) is 0 Å². The minimum atomic E-state index is -0.444. The Hall–Kier alpha value is -1.32. The summed E-state index contributed by atoms with van der Waals surface area (Å²) in [7, 11) is 0. The summed E-state index contributed by atoms with van der Waals surface area (Å²) < 4.78 is 4.87. The van der Waals surface area contributed by atoms with Crippen molar-refractivity contribution in [3.05, 3.63) is 12.2 Å². The maximum atomic E-state index is 11.5. The molecule has 0 aromatic rings. The van der Waals surface area contributed by atoms with Crippen molar-refractivity contribution in [1.82, 2.24) is 4.90 Å². The number of carbonyl (C=O) groups excluding carboxylic acids is 2. The molecule has 0 aromatic carbocycles. The lowest BCUT2D eigenvalue weighted by molar-refractivity contribution is -0.117. The summed E-state index contributed by atoms with van der Waals surface area (Å²) in [5, 5.41) is 0. The highest BCUT2D eigenvalue weighted by Gasteiger charge is 2.33. The van der Waals surface area contributed by atoms with E-state index in [0.717, 1.165) is 0 Å². The van der Waals surface area contributed by atoms with Gasteiger partial charge >= 0.3 is 6.09 Å². The Morgan fingerprint density at radius 1 is 1.64 bits per heavy atom. The van der Waals surface area contributed by atoms with Crippen LogP contribution in [0.3, 0.4) is 0 Å². The van der Waals surface area contributed by atoms with E-state index in [-0.39, 0.29) is 12.3 Å². The van der Waals surface area contributed by atoms with Crippen molar-refractivity contribution < 1.29 is 14.3 Å². The minimum Gasteiger partial charge on any atom is -0.450 e. The first-order valence-corrected chi connectivity index (χ1v) is 4.64. The molecule has 1 aliphatic rings. The molecule has 0 saturated heterocycles. The zero-order valence-electron chi connectivity index (χ0n) is 8.74. The second-order valence-electron chi connectivity index (χ2n) is 3.74. The molecule has 1 rings (SSSR count). The predicted octanol–water partition coefficient (Wildman–Crippen LogP) is 1.36. The van der Waals surface area contributed by atoms with Gasteiger partial charge in [0.2, 0.25) is 0 Å². The van der Waals surface area contributed by atoms with Crippen LogP contribution in [0.1, 0.15) is 20.8 Å². The monoisotopic (exact) mass is 197 g/mol. The molecule has 4 nitrogen and oxygen atoms in total. The lowest BCUT2D eigenvalue weighted by atomic mass is 9.98. The van der Waals surface area contributed by atoms with Crippen molar-refractivity contribution in [2.75, 3.05) is 13.2 Å². The summed E-state index contributed by atoms with van der Waals surface area (Å²) in [6.45, 7) is 5.90. The van der Waals surface area contributed by atoms with Crippen molar-refractivity contribution >= 4 is 11.9 Å². The third kappa shape index (κ3) is 2.13. The van der Waals surface area contributed by atoms with Gasteiger partial charge in [-0.25, -0.2) is 4.79 Å². The lowest BCUT2D eigenvalue weighted by Gasteiger charge is -2.36. The first-order valence-electron chi connectivity index (χ1n) is 4.64. The van der Waals surface area contributed by atoms with Crippen LogP contribution < -0.4 is 0 Å². The van der Waals surface area contributed by atoms with Gasteiger partial charge in [-0.05, 0) is 26.8 Å². The summed E-state index contributed by atoms with van der Waals surface area (Å²) in [4.78, 5) is 24.0. The van der Waals surface area contributed by atoms with Crippen molar-refractivity contribution in [2.45, 2.75) is 26.3 Å². The molecule has 0 aromatic heterocycles. The van der Waals surface area contributed by atoms with E-state index in [0.29, 0.717) is 6.61 Å². The van der Waals surface area contributed by atoms with E-state index in [4.69, 9.17) is 4.74 Å². The fourth-order valence-electron chi connectivity index (χ4n) is 1.30. The first-order chi connectivity index (χ1) is 6.47. The Morgan fingerprint density at radius 2 is 2.29 bits per heavy atom. The average Bonchev–Trinajstić information content (AvgIpc) is 2.10. The third-order valence-corrected chi connectivity index (χ3v) is 2.17. The van der Waals surface area contributed by atoms with Gasteiger partial charge in [-0.15, -0.1) is 0 Å². The second-order valence-corrected chi connectivity index (χ2v) is 3.74. The van der Waals surface area contributed by atoms with Gasteiger partial charge in [0.05, 0.1) is 18.7 Å². The summed E-state index contributed by atoms with van der Waals surface area (Å²) in [6.07, 6.45) is 2.79. The van der Waals surface area contributed by atoms with Crippen LogP contribution in [0.4, 0.5) is 4.79 Å². The second kappa shape index (κ2) is 3.82. The molecule has 0 aliphatic carbocycles. The molecule has 14 heavy (non-hydrogen) atoms. The van der Waals surface area contributed by atoms with Crippen molar-refractivity contribution in [1.29, 1.82) is 0 Å². The lowest BCUT2D eigenvalue weighted by Crippen LogP contribution is -2.51. The molecule has 0 spiro atoms. The summed E-state index contributed by atoms with van der Waals surface area (Å²) in [6, 6.07) is 0. The van der Waals surface area contributed by atoms with E-state index < -0.39 is 11.6 Å². The summed E-state index contributed by atoms with van der Waals surface area (Å²) in [5.41, 5.74) is -0.444. The Kier molecular flexibility index (Phi) is 2.93. The van der Waals surface area contributed by atoms with E-state index in [1.54, 1.807) is 13.0 Å². The number of carbonyl (C=O) groups is 2. The van der Waals surface area contributed by atoms with Crippen LogP contribution in [-0.4, -0.2) is 35.5 Å². The van der Waals surface area contributed by atoms with E-state index in [1.807, 2.05) is 13.8 Å². The largest absolute Gasteiger partial charge is 0.450 e. The molecule has 0 N–H and O–H groups in total. The highest BCUT2D eigenvalue weighted by atomic mass is 16.6. The zero-order valence-corrected chi connectivity index (χ0v) is 8.74. The van der Waals surface area contributed by atoms with Gasteiger partial charge in [-0.1, -0.05) is 6.08 Å². The van der Waals surface area contributed by atoms with Gasteiger partial charge < -0.3 is 4.74 Å². The zero-order chi connectivity index (χ0) is 10.8. The van der Waals surface area contributed by atoms with E-state index in [9.17, 15) is 9.59 Å². The van der Waals surface area contributed by atoms with Crippen molar-refractivity contribution in [3.8, 4) is 0 Å². The van der Waals surface area contributed by atoms with E-state index >= 15 is 0 Å². The van der Waals surface area contributed by atoms with Crippen LogP contribution in [0, 0.1) is 0 Å². The number of hydrogen-bond donors (Lipinski definition) is 0. The van der Waals surface area contributed by atoms with Crippen LogP contribution in [0.15, 0.2) is 12.2 Å². The van der Waals surface area contributed by atoms with Gasteiger partial charge in [-0.2, -0.15) is 0 Å². The molecule has 0 fully saturated rings. The summed E-state index contributed by atoms with van der Waals surface area (Å²) in [5.74, 6) is -0.0719. The SMILES string of the molecule is CCOC(=O)N1CC(=O)C=CC1(C)C. The molecule has 78 valence electrons. The molecular weight excluding hydrogens is 182 g/mol. The first kappa shape index (κ1) is 10.8. The van der Waals surface area contributed by atoms with E-state index in [1.165, 1.54) is 11.0 Å². The van der Waals surface area contributed by atoms with Gasteiger partial charge in [-0.3, -0.25) is 9.69 Å². The molecule has 0 saturated carbocycles. The van der Waals surface area contributed by atoms with Crippen LogP contribution in [0.25, 0.3) is 0 Å². The molecule has 4 heteroatoms. The van der Waals surface area contributed by atoms with Crippen LogP contribution in [-0.2, 0) is 9.53 Å². The van der Waals surface area contributed by atoms with Crippen LogP contribution >= 0.6 is 0 Å². The molecule has 0 unspecified atom stereocenters. The standard InChI is InChI=1S/C10H15NO3/c1-4-14-9(13)11-7-8(12)5-6-10(11,2)3/h5-6H,4,7H2,1-3H3. The minimum absolute atomic E-state index is 0.0719.